The SMILES string of the molecule is Br.CCOCCCNC1=NCC(O)CN1. The van der Waals surface area contributed by atoms with Gasteiger partial charge in [-0.15, -0.1) is 17.0 Å². The minimum Gasteiger partial charge on any atom is -0.389 e. The molecule has 0 aromatic rings. The largest absolute Gasteiger partial charge is 0.389 e. The Morgan fingerprint density at radius 3 is 3.07 bits per heavy atom. The average molecular weight is 282 g/mol. The summed E-state index contributed by atoms with van der Waals surface area (Å²) in [5.74, 6) is 0.784. The average Bonchev–Trinajstić information content (AvgIpc) is 2.21. The van der Waals surface area contributed by atoms with Crippen molar-refractivity contribution >= 4 is 22.9 Å². The van der Waals surface area contributed by atoms with Gasteiger partial charge >= 0.3 is 0 Å². The molecule has 0 aromatic heterocycles. The molecule has 3 N–H and O–H groups in total. The van der Waals surface area contributed by atoms with Crippen LogP contribution >= 0.6 is 17.0 Å². The van der Waals surface area contributed by atoms with E-state index in [2.05, 4.69) is 15.6 Å². The Morgan fingerprint density at radius 2 is 2.47 bits per heavy atom. The molecule has 0 bridgehead atoms. The molecular formula is C9H20BrN3O2. The quantitative estimate of drug-likeness (QED) is 0.616. The van der Waals surface area contributed by atoms with E-state index < -0.39 is 0 Å². The van der Waals surface area contributed by atoms with Crippen LogP contribution in [0.1, 0.15) is 13.3 Å². The Bertz CT molecular complexity index is 190. The van der Waals surface area contributed by atoms with Gasteiger partial charge in [-0.2, -0.15) is 0 Å². The first kappa shape index (κ1) is 14.7. The Labute approximate surface area is 101 Å². The van der Waals surface area contributed by atoms with Crippen molar-refractivity contribution in [1.82, 2.24) is 10.6 Å². The number of aliphatic hydroxyl groups is 1. The number of aliphatic imine (C=N–C) groups is 1. The van der Waals surface area contributed by atoms with Crippen LogP contribution < -0.4 is 10.6 Å². The highest BCUT2D eigenvalue weighted by molar-refractivity contribution is 8.93. The minimum atomic E-state index is -0.344. The van der Waals surface area contributed by atoms with Crippen molar-refractivity contribution in [3.8, 4) is 0 Å². The molecule has 0 radical (unpaired) electrons. The molecule has 6 heteroatoms. The van der Waals surface area contributed by atoms with Crippen LogP contribution in [0.25, 0.3) is 0 Å². The van der Waals surface area contributed by atoms with Gasteiger partial charge in [0.05, 0.1) is 12.6 Å². The van der Waals surface area contributed by atoms with Gasteiger partial charge in [0.2, 0.25) is 0 Å². The third kappa shape index (κ3) is 6.70. The number of rotatable bonds is 5. The number of β-amino-alcohol motifs (C(OH)–C–C–N with tert-alkyl or cyclic N) is 1. The molecule has 0 saturated carbocycles. The van der Waals surface area contributed by atoms with Gasteiger partial charge in [-0.3, -0.25) is 4.99 Å². The van der Waals surface area contributed by atoms with Gasteiger partial charge in [-0.1, -0.05) is 0 Å². The second-order valence-corrected chi connectivity index (χ2v) is 3.20. The number of nitrogens with zero attached hydrogens (tertiary/aromatic N) is 1. The summed E-state index contributed by atoms with van der Waals surface area (Å²) in [6.45, 7) is 5.45. The summed E-state index contributed by atoms with van der Waals surface area (Å²) in [6, 6.07) is 0. The summed E-state index contributed by atoms with van der Waals surface area (Å²) < 4.78 is 5.20. The smallest absolute Gasteiger partial charge is 0.191 e. The van der Waals surface area contributed by atoms with Crippen LogP contribution in [-0.4, -0.2) is 50.0 Å². The fourth-order valence-corrected chi connectivity index (χ4v) is 1.18. The molecule has 0 saturated heterocycles. The van der Waals surface area contributed by atoms with Crippen molar-refractivity contribution in [2.75, 3.05) is 32.8 Å². The summed E-state index contributed by atoms with van der Waals surface area (Å²) in [7, 11) is 0. The molecule has 5 nitrogen and oxygen atoms in total. The highest BCUT2D eigenvalue weighted by atomic mass is 79.9. The molecular weight excluding hydrogens is 262 g/mol. The van der Waals surface area contributed by atoms with Gasteiger partial charge in [-0.05, 0) is 13.3 Å². The zero-order valence-corrected chi connectivity index (χ0v) is 10.7. The fraction of sp³-hybridized carbons (Fsp3) is 0.889. The molecule has 0 aliphatic carbocycles. The third-order valence-corrected chi connectivity index (χ3v) is 1.93. The summed E-state index contributed by atoms with van der Waals surface area (Å²) in [5, 5.41) is 15.3. The molecule has 15 heavy (non-hydrogen) atoms. The van der Waals surface area contributed by atoms with Crippen molar-refractivity contribution < 1.29 is 9.84 Å². The van der Waals surface area contributed by atoms with E-state index in [1.807, 2.05) is 6.92 Å². The van der Waals surface area contributed by atoms with Crippen LogP contribution in [0, 0.1) is 0 Å². The number of guanidine groups is 1. The zero-order chi connectivity index (χ0) is 10.2. The molecule has 1 aliphatic rings. The van der Waals surface area contributed by atoms with Gasteiger partial charge in [0.25, 0.3) is 0 Å². The highest BCUT2D eigenvalue weighted by Crippen LogP contribution is 1.89. The normalized spacial score (nSPS) is 19.9. The zero-order valence-electron chi connectivity index (χ0n) is 9.03. The Morgan fingerprint density at radius 1 is 1.67 bits per heavy atom. The molecule has 90 valence electrons. The van der Waals surface area contributed by atoms with Gasteiger partial charge in [-0.25, -0.2) is 0 Å². The first-order chi connectivity index (χ1) is 6.83. The van der Waals surface area contributed by atoms with Crippen LogP contribution in [0.5, 0.6) is 0 Å². The standard InChI is InChI=1S/C9H19N3O2.BrH/c1-2-14-5-3-4-10-9-11-6-8(13)7-12-9;/h8,13H,2-7H2,1H3,(H2,10,11,12);1H. The first-order valence-electron chi connectivity index (χ1n) is 5.11. The van der Waals surface area contributed by atoms with Crippen molar-refractivity contribution in [2.24, 2.45) is 4.99 Å². The molecule has 0 fully saturated rings. The van der Waals surface area contributed by atoms with Gasteiger partial charge in [0.15, 0.2) is 5.96 Å². The Hall–Kier alpha value is -0.330. The predicted molar refractivity (Wildman–Crippen MR) is 65.7 cm³/mol. The van der Waals surface area contributed by atoms with E-state index in [0.717, 1.165) is 32.1 Å². The number of nitrogens with one attached hydrogen (secondary N) is 2. The molecule has 1 unspecified atom stereocenters. The van der Waals surface area contributed by atoms with E-state index in [0.29, 0.717) is 13.1 Å². The van der Waals surface area contributed by atoms with E-state index >= 15 is 0 Å². The number of hydrogen-bond donors (Lipinski definition) is 3. The molecule has 1 heterocycles. The molecule has 1 rings (SSSR count). The topological polar surface area (TPSA) is 65.9 Å². The highest BCUT2D eigenvalue weighted by Gasteiger charge is 2.10. The number of halogens is 1. The summed E-state index contributed by atoms with van der Waals surface area (Å²) >= 11 is 0. The lowest BCUT2D eigenvalue weighted by Gasteiger charge is -2.19. The lowest BCUT2D eigenvalue weighted by Crippen LogP contribution is -2.46. The van der Waals surface area contributed by atoms with Crippen LogP contribution in [0.15, 0.2) is 4.99 Å². The molecule has 1 atom stereocenters. The van der Waals surface area contributed by atoms with Crippen LogP contribution in [0.2, 0.25) is 0 Å². The lowest BCUT2D eigenvalue weighted by atomic mass is 10.3. The second-order valence-electron chi connectivity index (χ2n) is 3.20. The van der Waals surface area contributed by atoms with Gasteiger partial charge in [0, 0.05) is 26.3 Å². The number of ether oxygens (including phenoxy) is 1. The van der Waals surface area contributed by atoms with Crippen molar-refractivity contribution in [3.63, 3.8) is 0 Å². The third-order valence-electron chi connectivity index (χ3n) is 1.93. The molecule has 0 spiro atoms. The molecule has 0 amide bonds. The fourth-order valence-electron chi connectivity index (χ4n) is 1.18. The molecule has 0 aromatic carbocycles. The summed E-state index contributed by atoms with van der Waals surface area (Å²) in [5.41, 5.74) is 0. The maximum atomic E-state index is 9.15. The van der Waals surface area contributed by atoms with Crippen molar-refractivity contribution in [2.45, 2.75) is 19.4 Å². The van der Waals surface area contributed by atoms with E-state index in [1.54, 1.807) is 0 Å². The Balaban J connectivity index is 0.00000196. The van der Waals surface area contributed by atoms with E-state index in [1.165, 1.54) is 0 Å². The predicted octanol–water partition coefficient (Wildman–Crippen LogP) is -0.0994. The summed E-state index contributed by atoms with van der Waals surface area (Å²) in [4.78, 5) is 4.13. The minimum absolute atomic E-state index is 0. The summed E-state index contributed by atoms with van der Waals surface area (Å²) in [6.07, 6.45) is 0.626. The van der Waals surface area contributed by atoms with E-state index in [4.69, 9.17) is 9.84 Å². The van der Waals surface area contributed by atoms with Gasteiger partial charge < -0.3 is 20.5 Å². The Kier molecular flexibility index (Phi) is 8.74. The molecule has 1 aliphatic heterocycles. The maximum absolute atomic E-state index is 9.15. The van der Waals surface area contributed by atoms with Crippen LogP contribution in [0.4, 0.5) is 0 Å². The van der Waals surface area contributed by atoms with Crippen LogP contribution in [0.3, 0.4) is 0 Å². The first-order valence-corrected chi connectivity index (χ1v) is 5.11. The number of hydrogen-bond acceptors (Lipinski definition) is 5. The number of aliphatic hydroxyl groups excluding tert-OH is 1. The van der Waals surface area contributed by atoms with Crippen LogP contribution in [-0.2, 0) is 4.74 Å². The second kappa shape index (κ2) is 8.94. The van der Waals surface area contributed by atoms with E-state index in [-0.39, 0.29) is 23.1 Å². The maximum Gasteiger partial charge on any atom is 0.191 e. The van der Waals surface area contributed by atoms with E-state index in [9.17, 15) is 0 Å². The van der Waals surface area contributed by atoms with Crippen molar-refractivity contribution in [3.05, 3.63) is 0 Å². The van der Waals surface area contributed by atoms with Gasteiger partial charge in [0.1, 0.15) is 0 Å². The van der Waals surface area contributed by atoms with Crippen molar-refractivity contribution in [1.29, 1.82) is 0 Å². The monoisotopic (exact) mass is 281 g/mol. The lowest BCUT2D eigenvalue weighted by molar-refractivity contribution is 0.145.